The fourth-order valence-electron chi connectivity index (χ4n) is 2.54. The number of benzene rings is 2. The van der Waals surface area contributed by atoms with Crippen molar-refractivity contribution in [1.82, 2.24) is 9.78 Å². The molecule has 0 atom stereocenters. The highest BCUT2D eigenvalue weighted by Gasteiger charge is 2.16. The Bertz CT molecular complexity index is 816. The first-order valence-corrected chi connectivity index (χ1v) is 8.18. The molecule has 0 aliphatic heterocycles. The van der Waals surface area contributed by atoms with Crippen molar-refractivity contribution in [2.45, 2.75) is 32.9 Å². The van der Waals surface area contributed by atoms with Gasteiger partial charge in [-0.25, -0.2) is 4.68 Å². The molecule has 2 N–H and O–H groups in total. The number of aromatic nitrogens is 2. The number of hydrogen-bond acceptors (Lipinski definition) is 3. The Labute approximate surface area is 142 Å². The van der Waals surface area contributed by atoms with Crippen molar-refractivity contribution in [3.63, 3.8) is 0 Å². The zero-order valence-corrected chi connectivity index (χ0v) is 14.4. The molecular weight excluding hydrogens is 298 g/mol. The van der Waals surface area contributed by atoms with Gasteiger partial charge in [0, 0.05) is 23.7 Å². The number of hydrogen-bond donors (Lipinski definition) is 1. The summed E-state index contributed by atoms with van der Waals surface area (Å²) in [7, 11) is 0. The van der Waals surface area contributed by atoms with Gasteiger partial charge in [-0.05, 0) is 44.5 Å². The Hall–Kier alpha value is -2.59. The number of rotatable bonds is 5. The highest BCUT2D eigenvalue weighted by atomic mass is 16.5. The second kappa shape index (κ2) is 6.49. The van der Waals surface area contributed by atoms with Gasteiger partial charge < -0.3 is 10.5 Å². The molecule has 124 valence electrons. The molecule has 0 amide bonds. The van der Waals surface area contributed by atoms with Gasteiger partial charge in [0.05, 0.1) is 5.69 Å². The third-order valence-electron chi connectivity index (χ3n) is 3.91. The second-order valence-electron chi connectivity index (χ2n) is 6.40. The van der Waals surface area contributed by atoms with E-state index in [4.69, 9.17) is 10.5 Å². The lowest BCUT2D eigenvalue weighted by atomic mass is 9.93. The maximum Gasteiger partial charge on any atom is 0.218 e. The van der Waals surface area contributed by atoms with E-state index in [1.54, 1.807) is 0 Å². The minimum atomic E-state index is -0.382. The summed E-state index contributed by atoms with van der Waals surface area (Å²) in [5.41, 5.74) is 8.84. The van der Waals surface area contributed by atoms with Gasteiger partial charge >= 0.3 is 0 Å². The molecule has 0 aliphatic rings. The monoisotopic (exact) mass is 321 g/mol. The summed E-state index contributed by atoms with van der Waals surface area (Å²) in [5.74, 6) is 1.53. The topological polar surface area (TPSA) is 53.1 Å². The molecular formula is C20H23N3O. The van der Waals surface area contributed by atoms with Crippen LogP contribution in [0.15, 0.2) is 60.7 Å². The van der Waals surface area contributed by atoms with Crippen LogP contribution in [0.2, 0.25) is 0 Å². The van der Waals surface area contributed by atoms with Gasteiger partial charge in [0.1, 0.15) is 5.75 Å². The standard InChI is InChI=1S/C20H23N3O/c1-4-23-19(24-17-11-6-5-7-12-17)14-18(22-23)15-9-8-10-16(13-15)20(2,3)21/h5-14H,4,21H2,1-3H3. The Balaban J connectivity index is 1.95. The average molecular weight is 321 g/mol. The zero-order valence-electron chi connectivity index (χ0n) is 14.4. The molecule has 1 heterocycles. The predicted octanol–water partition coefficient (Wildman–Crippen LogP) is 4.56. The van der Waals surface area contributed by atoms with Gasteiger partial charge in [-0.3, -0.25) is 0 Å². The number of nitrogens with two attached hydrogens (primary N) is 1. The molecule has 2 aromatic carbocycles. The molecule has 0 saturated heterocycles. The Kier molecular flexibility index (Phi) is 4.40. The maximum absolute atomic E-state index is 6.22. The highest BCUT2D eigenvalue weighted by Crippen LogP contribution is 2.29. The molecule has 3 rings (SSSR count). The molecule has 0 radical (unpaired) electrons. The summed E-state index contributed by atoms with van der Waals surface area (Å²) in [4.78, 5) is 0. The summed E-state index contributed by atoms with van der Waals surface area (Å²) in [6, 6.07) is 19.9. The van der Waals surface area contributed by atoms with E-state index in [0.29, 0.717) is 0 Å². The molecule has 0 spiro atoms. The lowest BCUT2D eigenvalue weighted by Crippen LogP contribution is -2.28. The van der Waals surface area contributed by atoms with Crippen LogP contribution in [0.4, 0.5) is 0 Å². The number of ether oxygens (including phenoxy) is 1. The summed E-state index contributed by atoms with van der Waals surface area (Å²) in [6.45, 7) is 6.79. The van der Waals surface area contributed by atoms with Crippen molar-refractivity contribution >= 4 is 0 Å². The molecule has 0 fully saturated rings. The van der Waals surface area contributed by atoms with Crippen LogP contribution in [-0.2, 0) is 12.1 Å². The minimum absolute atomic E-state index is 0.382. The average Bonchev–Trinajstić information content (AvgIpc) is 2.98. The molecule has 24 heavy (non-hydrogen) atoms. The largest absolute Gasteiger partial charge is 0.439 e. The van der Waals surface area contributed by atoms with Crippen molar-refractivity contribution in [2.75, 3.05) is 0 Å². The molecule has 0 unspecified atom stereocenters. The van der Waals surface area contributed by atoms with Crippen molar-refractivity contribution < 1.29 is 4.74 Å². The van der Waals surface area contributed by atoms with E-state index in [9.17, 15) is 0 Å². The van der Waals surface area contributed by atoms with E-state index in [0.717, 1.165) is 35.0 Å². The summed E-state index contributed by atoms with van der Waals surface area (Å²) in [6.07, 6.45) is 0. The van der Waals surface area contributed by atoms with Crippen LogP contribution in [0.5, 0.6) is 11.6 Å². The maximum atomic E-state index is 6.22. The van der Waals surface area contributed by atoms with E-state index < -0.39 is 0 Å². The third kappa shape index (κ3) is 3.49. The first-order valence-electron chi connectivity index (χ1n) is 8.18. The predicted molar refractivity (Wildman–Crippen MR) is 97.1 cm³/mol. The van der Waals surface area contributed by atoms with Crippen molar-refractivity contribution in [2.24, 2.45) is 5.73 Å². The fourth-order valence-corrected chi connectivity index (χ4v) is 2.54. The third-order valence-corrected chi connectivity index (χ3v) is 3.91. The van der Waals surface area contributed by atoms with Crippen LogP contribution < -0.4 is 10.5 Å². The van der Waals surface area contributed by atoms with Crippen LogP contribution in [0, 0.1) is 0 Å². The smallest absolute Gasteiger partial charge is 0.218 e. The SMILES string of the molecule is CCn1nc(-c2cccc(C(C)(C)N)c2)cc1Oc1ccccc1. The fraction of sp³-hybridized carbons (Fsp3) is 0.250. The number of aryl methyl sites for hydroxylation is 1. The van der Waals surface area contributed by atoms with Gasteiger partial charge in [0.25, 0.3) is 0 Å². The van der Waals surface area contributed by atoms with Gasteiger partial charge in [-0.15, -0.1) is 0 Å². The Morgan fingerprint density at radius 3 is 2.46 bits per heavy atom. The zero-order chi connectivity index (χ0) is 17.2. The first kappa shape index (κ1) is 16.3. The highest BCUT2D eigenvalue weighted by molar-refractivity contribution is 5.62. The molecule has 4 heteroatoms. The first-order chi connectivity index (χ1) is 11.5. The van der Waals surface area contributed by atoms with E-state index in [1.807, 2.05) is 80.1 Å². The number of para-hydroxylation sites is 1. The number of nitrogens with zero attached hydrogens (tertiary/aromatic N) is 2. The lowest BCUT2D eigenvalue weighted by Gasteiger charge is -2.19. The van der Waals surface area contributed by atoms with Crippen molar-refractivity contribution in [1.29, 1.82) is 0 Å². The van der Waals surface area contributed by atoms with E-state index in [-0.39, 0.29) is 5.54 Å². The van der Waals surface area contributed by atoms with E-state index in [2.05, 4.69) is 11.2 Å². The van der Waals surface area contributed by atoms with Crippen molar-refractivity contribution in [3.05, 3.63) is 66.2 Å². The molecule has 0 saturated carbocycles. The van der Waals surface area contributed by atoms with Crippen LogP contribution in [-0.4, -0.2) is 9.78 Å². The van der Waals surface area contributed by atoms with Gasteiger partial charge in [0.2, 0.25) is 5.88 Å². The summed E-state index contributed by atoms with van der Waals surface area (Å²) in [5, 5.41) is 4.67. The molecule has 0 aliphatic carbocycles. The van der Waals surface area contributed by atoms with Gasteiger partial charge in [-0.2, -0.15) is 5.10 Å². The molecule has 3 aromatic rings. The van der Waals surface area contributed by atoms with E-state index in [1.165, 1.54) is 0 Å². The summed E-state index contributed by atoms with van der Waals surface area (Å²) >= 11 is 0. The molecule has 1 aromatic heterocycles. The van der Waals surface area contributed by atoms with Gasteiger partial charge in [0.15, 0.2) is 0 Å². The second-order valence-corrected chi connectivity index (χ2v) is 6.40. The van der Waals surface area contributed by atoms with Crippen LogP contribution in [0.3, 0.4) is 0 Å². The Morgan fingerprint density at radius 2 is 1.79 bits per heavy atom. The normalized spacial score (nSPS) is 11.5. The molecule has 0 bridgehead atoms. The van der Waals surface area contributed by atoms with E-state index >= 15 is 0 Å². The summed E-state index contributed by atoms with van der Waals surface area (Å²) < 4.78 is 7.84. The lowest BCUT2D eigenvalue weighted by molar-refractivity contribution is 0.417. The minimum Gasteiger partial charge on any atom is -0.439 e. The van der Waals surface area contributed by atoms with Gasteiger partial charge in [-0.1, -0.05) is 36.4 Å². The quantitative estimate of drug-likeness (QED) is 0.749. The Morgan fingerprint density at radius 1 is 1.04 bits per heavy atom. The van der Waals surface area contributed by atoms with Crippen molar-refractivity contribution in [3.8, 4) is 22.9 Å². The molecule has 4 nitrogen and oxygen atoms in total. The van der Waals surface area contributed by atoms with Crippen LogP contribution in [0.25, 0.3) is 11.3 Å². The van der Waals surface area contributed by atoms with Crippen LogP contribution in [0.1, 0.15) is 26.3 Å². The van der Waals surface area contributed by atoms with Crippen LogP contribution >= 0.6 is 0 Å².